The Morgan fingerprint density at radius 3 is 2.81 bits per heavy atom. The molecule has 0 aliphatic carbocycles. The number of nitrogens with zero attached hydrogens (tertiary/aromatic N) is 2. The minimum Gasteiger partial charge on any atom is -0.462 e. The maximum absolute atomic E-state index is 12.1. The first kappa shape index (κ1) is 13.2. The van der Waals surface area contributed by atoms with Crippen LogP contribution in [0.3, 0.4) is 0 Å². The third kappa shape index (κ3) is 2.48. The van der Waals surface area contributed by atoms with Crippen molar-refractivity contribution in [2.45, 2.75) is 6.92 Å². The highest BCUT2D eigenvalue weighted by Crippen LogP contribution is 2.29. The normalized spacial score (nSPS) is 10.5. The summed E-state index contributed by atoms with van der Waals surface area (Å²) in [5, 5.41) is 0.985. The van der Waals surface area contributed by atoms with Crippen molar-refractivity contribution in [1.82, 2.24) is 9.97 Å². The maximum atomic E-state index is 12.1. The fourth-order valence-corrected chi connectivity index (χ4v) is 2.33. The fraction of sp³-hybridized carbons (Fsp3) is 0.118. The number of rotatable bonds is 3. The third-order valence-corrected chi connectivity index (χ3v) is 3.26. The highest BCUT2D eigenvalue weighted by molar-refractivity contribution is 6.02. The molecule has 1 aromatic carbocycles. The van der Waals surface area contributed by atoms with Gasteiger partial charge in [0.2, 0.25) is 0 Å². The summed E-state index contributed by atoms with van der Waals surface area (Å²) in [6.45, 7) is 2.14. The van der Waals surface area contributed by atoms with Gasteiger partial charge in [-0.3, -0.25) is 9.97 Å². The van der Waals surface area contributed by atoms with Gasteiger partial charge in [-0.2, -0.15) is 0 Å². The number of hydrogen-bond donors (Lipinski definition) is 0. The van der Waals surface area contributed by atoms with Crippen LogP contribution in [-0.2, 0) is 4.74 Å². The number of carbonyl (C=O) groups is 1. The summed E-state index contributed by atoms with van der Waals surface area (Å²) in [6, 6.07) is 11.4. The van der Waals surface area contributed by atoms with Crippen molar-refractivity contribution in [2.24, 2.45) is 0 Å². The van der Waals surface area contributed by atoms with E-state index >= 15 is 0 Å². The van der Waals surface area contributed by atoms with Gasteiger partial charge in [-0.25, -0.2) is 4.79 Å². The molecule has 0 fully saturated rings. The van der Waals surface area contributed by atoms with Crippen molar-refractivity contribution in [3.63, 3.8) is 0 Å². The molecular weight excluding hydrogens is 264 g/mol. The summed E-state index contributed by atoms with van der Waals surface area (Å²) in [7, 11) is 0. The minimum atomic E-state index is -0.337. The second-order valence-electron chi connectivity index (χ2n) is 4.52. The highest BCUT2D eigenvalue weighted by atomic mass is 16.5. The molecule has 4 nitrogen and oxygen atoms in total. The van der Waals surface area contributed by atoms with Crippen LogP contribution < -0.4 is 0 Å². The molecule has 0 spiro atoms. The smallest absolute Gasteiger partial charge is 0.338 e. The van der Waals surface area contributed by atoms with E-state index in [2.05, 4.69) is 9.97 Å². The summed E-state index contributed by atoms with van der Waals surface area (Å²) < 4.78 is 5.12. The zero-order valence-electron chi connectivity index (χ0n) is 11.6. The number of benzene rings is 1. The SMILES string of the molecule is CCOC(=O)c1ccncc1-c1ccnc2ccccc12. The van der Waals surface area contributed by atoms with E-state index in [0.717, 1.165) is 22.0 Å². The van der Waals surface area contributed by atoms with E-state index in [-0.39, 0.29) is 5.97 Å². The first-order valence-electron chi connectivity index (χ1n) is 6.76. The standard InChI is InChI=1S/C17H14N2O2/c1-2-21-17(20)14-7-9-18-11-15(14)12-8-10-19-16-6-4-3-5-13(12)16/h3-11H,2H2,1H3. The highest BCUT2D eigenvalue weighted by Gasteiger charge is 2.15. The van der Waals surface area contributed by atoms with Gasteiger partial charge < -0.3 is 4.74 Å². The monoisotopic (exact) mass is 278 g/mol. The molecule has 0 aliphatic heterocycles. The van der Waals surface area contributed by atoms with E-state index < -0.39 is 0 Å². The molecule has 0 amide bonds. The lowest BCUT2D eigenvalue weighted by atomic mass is 9.99. The van der Waals surface area contributed by atoms with Gasteiger partial charge in [0.25, 0.3) is 0 Å². The van der Waals surface area contributed by atoms with Gasteiger partial charge in [-0.05, 0) is 30.7 Å². The molecule has 0 bridgehead atoms. The molecule has 0 saturated carbocycles. The molecule has 0 unspecified atom stereocenters. The van der Waals surface area contributed by atoms with Gasteiger partial charge in [-0.1, -0.05) is 18.2 Å². The number of esters is 1. The number of pyridine rings is 2. The average molecular weight is 278 g/mol. The molecule has 0 N–H and O–H groups in total. The zero-order chi connectivity index (χ0) is 14.7. The largest absolute Gasteiger partial charge is 0.462 e. The van der Waals surface area contributed by atoms with Crippen molar-refractivity contribution in [1.29, 1.82) is 0 Å². The van der Waals surface area contributed by atoms with Gasteiger partial charge in [0.1, 0.15) is 0 Å². The number of aromatic nitrogens is 2. The lowest BCUT2D eigenvalue weighted by Gasteiger charge is -2.10. The number of para-hydroxylation sites is 1. The van der Waals surface area contributed by atoms with Crippen LogP contribution in [0.5, 0.6) is 0 Å². The van der Waals surface area contributed by atoms with Crippen molar-refractivity contribution < 1.29 is 9.53 Å². The van der Waals surface area contributed by atoms with E-state index in [4.69, 9.17) is 4.74 Å². The average Bonchev–Trinajstić information content (AvgIpc) is 2.54. The molecule has 0 atom stereocenters. The quantitative estimate of drug-likeness (QED) is 0.688. The van der Waals surface area contributed by atoms with Crippen LogP contribution >= 0.6 is 0 Å². The Balaban J connectivity index is 2.22. The summed E-state index contributed by atoms with van der Waals surface area (Å²) in [6.07, 6.45) is 5.02. The third-order valence-electron chi connectivity index (χ3n) is 3.26. The van der Waals surface area contributed by atoms with Crippen molar-refractivity contribution >= 4 is 16.9 Å². The van der Waals surface area contributed by atoms with E-state index in [1.165, 1.54) is 0 Å². The van der Waals surface area contributed by atoms with Gasteiger partial charge in [0.15, 0.2) is 0 Å². The summed E-state index contributed by atoms with van der Waals surface area (Å²) in [5.74, 6) is -0.337. The number of hydrogen-bond acceptors (Lipinski definition) is 4. The predicted octanol–water partition coefficient (Wildman–Crippen LogP) is 3.47. The first-order valence-corrected chi connectivity index (χ1v) is 6.76. The van der Waals surface area contributed by atoms with Crippen molar-refractivity contribution in [3.05, 3.63) is 60.6 Å². The Morgan fingerprint density at radius 2 is 1.95 bits per heavy atom. The van der Waals surface area contributed by atoms with E-state index in [1.54, 1.807) is 31.6 Å². The van der Waals surface area contributed by atoms with Crippen LogP contribution in [-0.4, -0.2) is 22.5 Å². The lowest BCUT2D eigenvalue weighted by Crippen LogP contribution is -2.06. The Hall–Kier alpha value is -2.75. The molecule has 0 saturated heterocycles. The summed E-state index contributed by atoms with van der Waals surface area (Å²) >= 11 is 0. The Morgan fingerprint density at radius 1 is 1.10 bits per heavy atom. The fourth-order valence-electron chi connectivity index (χ4n) is 2.33. The number of ether oxygens (including phenoxy) is 1. The molecule has 104 valence electrons. The van der Waals surface area contributed by atoms with Crippen molar-refractivity contribution in [2.75, 3.05) is 6.61 Å². The van der Waals surface area contributed by atoms with Crippen LogP contribution in [0.15, 0.2) is 55.0 Å². The number of fused-ring (bicyclic) bond motifs is 1. The molecule has 0 aliphatic rings. The van der Waals surface area contributed by atoms with Crippen LogP contribution in [0.1, 0.15) is 17.3 Å². The van der Waals surface area contributed by atoms with Crippen LogP contribution in [0.2, 0.25) is 0 Å². The van der Waals surface area contributed by atoms with Gasteiger partial charge >= 0.3 is 5.97 Å². The molecule has 4 heteroatoms. The van der Waals surface area contributed by atoms with Crippen LogP contribution in [0, 0.1) is 0 Å². The van der Waals surface area contributed by atoms with Crippen LogP contribution in [0.25, 0.3) is 22.0 Å². The van der Waals surface area contributed by atoms with E-state index in [9.17, 15) is 4.79 Å². The topological polar surface area (TPSA) is 52.1 Å². The second-order valence-corrected chi connectivity index (χ2v) is 4.52. The zero-order valence-corrected chi connectivity index (χ0v) is 11.6. The summed E-state index contributed by atoms with van der Waals surface area (Å²) in [5.41, 5.74) is 3.09. The molecule has 2 heterocycles. The molecule has 0 radical (unpaired) electrons. The van der Waals surface area contributed by atoms with Gasteiger partial charge in [-0.15, -0.1) is 0 Å². The number of carbonyl (C=O) groups excluding carboxylic acids is 1. The van der Waals surface area contributed by atoms with E-state index in [1.807, 2.05) is 30.3 Å². The molecule has 2 aromatic heterocycles. The maximum Gasteiger partial charge on any atom is 0.338 e. The second kappa shape index (κ2) is 5.71. The van der Waals surface area contributed by atoms with Gasteiger partial charge in [0, 0.05) is 29.5 Å². The Labute approximate surface area is 122 Å². The minimum absolute atomic E-state index is 0.337. The Bertz CT molecular complexity index is 794. The molecule has 3 rings (SSSR count). The molecular formula is C17H14N2O2. The predicted molar refractivity (Wildman–Crippen MR) is 80.9 cm³/mol. The molecule has 3 aromatic rings. The first-order chi connectivity index (χ1) is 10.3. The van der Waals surface area contributed by atoms with E-state index in [0.29, 0.717) is 12.2 Å². The van der Waals surface area contributed by atoms with Crippen molar-refractivity contribution in [3.8, 4) is 11.1 Å². The van der Waals surface area contributed by atoms with Gasteiger partial charge in [0.05, 0.1) is 17.7 Å². The summed E-state index contributed by atoms with van der Waals surface area (Å²) in [4.78, 5) is 20.6. The lowest BCUT2D eigenvalue weighted by molar-refractivity contribution is 0.0527. The van der Waals surface area contributed by atoms with Crippen LogP contribution in [0.4, 0.5) is 0 Å². The Kier molecular flexibility index (Phi) is 3.60. The molecule has 21 heavy (non-hydrogen) atoms.